The first-order valence-electron chi connectivity index (χ1n) is 9.25. The minimum absolute atomic E-state index is 0.0771. The summed E-state index contributed by atoms with van der Waals surface area (Å²) in [6.07, 6.45) is 1.85. The van der Waals surface area contributed by atoms with Crippen LogP contribution in [0.4, 0.5) is 10.1 Å². The lowest BCUT2D eigenvalue weighted by Crippen LogP contribution is -2.34. The van der Waals surface area contributed by atoms with Crippen LogP contribution in [0.2, 0.25) is 0 Å². The third kappa shape index (κ3) is 4.31. The normalized spacial score (nSPS) is 21.3. The Hall–Kier alpha value is -2.77. The molecule has 154 valence electrons. The quantitative estimate of drug-likeness (QED) is 0.706. The van der Waals surface area contributed by atoms with Crippen molar-refractivity contribution in [3.63, 3.8) is 0 Å². The maximum atomic E-state index is 13.5. The molecule has 0 spiro atoms. The molecule has 2 heterocycles. The standard InChI is InChI=1S/C19H23FN6O2S/c1-11(2)8-14-4-6-15-17(26(3)24-19(15)29(22,28)25-14)18(27)23-13-5-7-16(20)12(9-13)10-21/h5,7,9,11,14H,4,6,8H2,1-3H3,(H,23,27)(H2,22,25,28)/t14-,29?/m1/s1. The molecule has 0 aliphatic carbocycles. The van der Waals surface area contributed by atoms with E-state index in [2.05, 4.69) is 29.0 Å². The van der Waals surface area contributed by atoms with E-state index in [0.29, 0.717) is 24.3 Å². The molecule has 0 saturated heterocycles. The molecule has 0 saturated carbocycles. The molecule has 2 aromatic rings. The highest BCUT2D eigenvalue weighted by atomic mass is 32.2. The van der Waals surface area contributed by atoms with Crippen LogP contribution in [0.3, 0.4) is 0 Å². The molecule has 1 aliphatic heterocycles. The Labute approximate surface area is 169 Å². The first-order valence-corrected chi connectivity index (χ1v) is 10.8. The maximum absolute atomic E-state index is 13.5. The van der Waals surface area contributed by atoms with E-state index in [-0.39, 0.29) is 28.0 Å². The number of hydrogen-bond donors (Lipinski definition) is 3. The van der Waals surface area contributed by atoms with Crippen molar-refractivity contribution in [1.29, 1.82) is 10.0 Å². The summed E-state index contributed by atoms with van der Waals surface area (Å²) in [5, 5.41) is 15.9. The number of fused-ring (bicyclic) bond motifs is 1. The fourth-order valence-corrected chi connectivity index (χ4v) is 5.14. The molecular weight excluding hydrogens is 395 g/mol. The Kier molecular flexibility index (Phi) is 5.73. The Morgan fingerprint density at radius 1 is 1.55 bits per heavy atom. The molecule has 3 N–H and O–H groups in total. The van der Waals surface area contributed by atoms with Crippen LogP contribution in [-0.4, -0.2) is 25.9 Å². The van der Waals surface area contributed by atoms with Gasteiger partial charge in [0.25, 0.3) is 5.91 Å². The predicted octanol–water partition coefficient (Wildman–Crippen LogP) is 2.95. The molecule has 1 aromatic heterocycles. The van der Waals surface area contributed by atoms with E-state index in [0.717, 1.165) is 12.5 Å². The average molecular weight is 418 g/mol. The third-order valence-corrected chi connectivity index (χ3v) is 6.31. The summed E-state index contributed by atoms with van der Waals surface area (Å²) >= 11 is 0. The lowest BCUT2D eigenvalue weighted by atomic mass is 9.98. The minimum Gasteiger partial charge on any atom is -0.321 e. The predicted molar refractivity (Wildman–Crippen MR) is 106 cm³/mol. The number of aromatic nitrogens is 2. The zero-order valence-corrected chi connectivity index (χ0v) is 17.3. The average Bonchev–Trinajstić information content (AvgIpc) is 2.92. The number of carbonyl (C=O) groups excluding carboxylic acids is 1. The summed E-state index contributed by atoms with van der Waals surface area (Å²) in [4.78, 5) is 12.9. The van der Waals surface area contributed by atoms with Gasteiger partial charge in [0.2, 0.25) is 0 Å². The highest BCUT2D eigenvalue weighted by Gasteiger charge is 2.32. The fraction of sp³-hybridized carbons (Fsp3) is 0.421. The van der Waals surface area contributed by atoms with Crippen molar-refractivity contribution >= 4 is 21.5 Å². The lowest BCUT2D eigenvalue weighted by Gasteiger charge is -2.18. The van der Waals surface area contributed by atoms with Crippen molar-refractivity contribution in [2.45, 2.75) is 44.2 Å². The van der Waals surface area contributed by atoms with Crippen molar-refractivity contribution in [1.82, 2.24) is 14.5 Å². The number of aryl methyl sites for hydroxylation is 1. The highest BCUT2D eigenvalue weighted by molar-refractivity contribution is 7.90. The number of halogens is 1. The molecule has 1 unspecified atom stereocenters. The van der Waals surface area contributed by atoms with Crippen molar-refractivity contribution < 1.29 is 13.4 Å². The van der Waals surface area contributed by atoms with E-state index in [1.165, 1.54) is 16.8 Å². The lowest BCUT2D eigenvalue weighted by molar-refractivity contribution is 0.101. The molecule has 10 heteroatoms. The number of carbonyl (C=O) groups is 1. The van der Waals surface area contributed by atoms with Crippen LogP contribution in [0, 0.1) is 27.8 Å². The number of nitriles is 1. The van der Waals surface area contributed by atoms with E-state index in [9.17, 15) is 13.4 Å². The minimum atomic E-state index is -3.35. The second-order valence-corrected chi connectivity index (χ2v) is 9.29. The Balaban J connectivity index is 1.94. The number of amides is 1. The zero-order chi connectivity index (χ0) is 21.3. The third-order valence-electron chi connectivity index (χ3n) is 4.77. The molecule has 0 bridgehead atoms. The van der Waals surface area contributed by atoms with Gasteiger partial charge in [-0.3, -0.25) is 9.48 Å². The molecular formula is C19H23FN6O2S. The fourth-order valence-electron chi connectivity index (χ4n) is 3.57. The molecule has 1 aliphatic rings. The van der Waals surface area contributed by atoms with E-state index in [4.69, 9.17) is 10.0 Å². The number of benzene rings is 1. The largest absolute Gasteiger partial charge is 0.321 e. The van der Waals surface area contributed by atoms with Crippen LogP contribution >= 0.6 is 0 Å². The second kappa shape index (κ2) is 7.93. The van der Waals surface area contributed by atoms with Crippen LogP contribution in [0.1, 0.15) is 48.3 Å². The van der Waals surface area contributed by atoms with Gasteiger partial charge in [-0.05, 0) is 43.4 Å². The van der Waals surface area contributed by atoms with E-state index >= 15 is 0 Å². The molecule has 8 nitrogen and oxygen atoms in total. The Morgan fingerprint density at radius 2 is 2.28 bits per heavy atom. The van der Waals surface area contributed by atoms with Crippen molar-refractivity contribution in [3.05, 3.63) is 40.8 Å². The van der Waals surface area contributed by atoms with Gasteiger partial charge in [0.15, 0.2) is 14.9 Å². The maximum Gasteiger partial charge on any atom is 0.274 e. The van der Waals surface area contributed by atoms with Gasteiger partial charge in [-0.25, -0.2) is 18.1 Å². The van der Waals surface area contributed by atoms with E-state index < -0.39 is 21.6 Å². The van der Waals surface area contributed by atoms with Crippen LogP contribution < -0.4 is 10.0 Å². The van der Waals surface area contributed by atoms with Crippen molar-refractivity contribution in [3.8, 4) is 6.07 Å². The summed E-state index contributed by atoms with van der Waals surface area (Å²) in [6.45, 7) is 4.11. The monoisotopic (exact) mass is 418 g/mol. The molecule has 2 atom stereocenters. The van der Waals surface area contributed by atoms with E-state index in [1.807, 2.05) is 0 Å². The summed E-state index contributed by atoms with van der Waals surface area (Å²) in [7, 11) is -1.80. The second-order valence-electron chi connectivity index (χ2n) is 7.56. The van der Waals surface area contributed by atoms with Crippen molar-refractivity contribution in [2.24, 2.45) is 13.0 Å². The van der Waals surface area contributed by atoms with Gasteiger partial charge in [0.1, 0.15) is 17.6 Å². The molecule has 1 amide bonds. The number of rotatable bonds is 4. The SMILES string of the molecule is CC(C)C[C@H]1CCc2c(nn(C)c2C(=O)Nc2ccc(F)c(C#N)c2)S(=N)(=O)N1. The molecule has 0 radical (unpaired) electrons. The van der Waals surface area contributed by atoms with Gasteiger partial charge in [0.05, 0.1) is 5.56 Å². The number of hydrogen-bond acceptors (Lipinski definition) is 5. The summed E-state index contributed by atoms with van der Waals surface area (Å²) in [5.74, 6) is -0.819. The highest BCUT2D eigenvalue weighted by Crippen LogP contribution is 2.27. The van der Waals surface area contributed by atoms with Gasteiger partial charge in [-0.2, -0.15) is 10.4 Å². The first-order chi connectivity index (χ1) is 13.6. The zero-order valence-electron chi connectivity index (χ0n) is 16.5. The van der Waals surface area contributed by atoms with Gasteiger partial charge in [-0.1, -0.05) is 13.8 Å². The van der Waals surface area contributed by atoms with Crippen LogP contribution in [-0.2, 0) is 23.4 Å². The Morgan fingerprint density at radius 3 is 2.93 bits per heavy atom. The van der Waals surface area contributed by atoms with Crippen molar-refractivity contribution in [2.75, 3.05) is 5.32 Å². The molecule has 1 aromatic carbocycles. The number of anilines is 1. The van der Waals surface area contributed by atoms with Gasteiger partial charge >= 0.3 is 0 Å². The first kappa shape index (κ1) is 21.0. The molecule has 29 heavy (non-hydrogen) atoms. The summed E-state index contributed by atoms with van der Waals surface area (Å²) < 4.78 is 39.0. The van der Waals surface area contributed by atoms with Crippen LogP contribution in [0.25, 0.3) is 0 Å². The van der Waals surface area contributed by atoms with Gasteiger partial charge < -0.3 is 5.32 Å². The van der Waals surface area contributed by atoms with Crippen LogP contribution in [0.5, 0.6) is 0 Å². The number of nitrogens with zero attached hydrogens (tertiary/aromatic N) is 3. The molecule has 3 rings (SSSR count). The smallest absolute Gasteiger partial charge is 0.274 e. The topological polar surface area (TPSA) is 124 Å². The van der Waals surface area contributed by atoms with Gasteiger partial charge in [-0.15, -0.1) is 0 Å². The summed E-state index contributed by atoms with van der Waals surface area (Å²) in [6, 6.07) is 5.33. The molecule has 0 fully saturated rings. The van der Waals surface area contributed by atoms with Crippen LogP contribution in [0.15, 0.2) is 23.2 Å². The summed E-state index contributed by atoms with van der Waals surface area (Å²) in [5.41, 5.74) is 0.765. The Bertz CT molecular complexity index is 1100. The van der Waals surface area contributed by atoms with Gasteiger partial charge in [0, 0.05) is 24.3 Å². The van der Waals surface area contributed by atoms with E-state index in [1.54, 1.807) is 13.1 Å². The number of nitrogens with one attached hydrogen (secondary N) is 3.